The molecule has 1 amide bonds. The van der Waals surface area contributed by atoms with Gasteiger partial charge in [0, 0.05) is 13.6 Å². The maximum absolute atomic E-state index is 12.4. The SMILES string of the molecule is C/C=C/c1ccc(OCC(=O)N(C)Cc2ccc(CC)cc2)c(OC)c1. The van der Waals surface area contributed by atoms with Crippen LogP contribution in [0, 0.1) is 0 Å². The molecule has 0 aliphatic carbocycles. The van der Waals surface area contributed by atoms with E-state index in [4.69, 9.17) is 9.47 Å². The van der Waals surface area contributed by atoms with E-state index in [2.05, 4.69) is 31.2 Å². The van der Waals surface area contributed by atoms with Gasteiger partial charge in [0.2, 0.25) is 0 Å². The summed E-state index contributed by atoms with van der Waals surface area (Å²) in [6, 6.07) is 14.0. The van der Waals surface area contributed by atoms with Crippen molar-refractivity contribution < 1.29 is 14.3 Å². The molecule has 0 saturated heterocycles. The number of rotatable bonds is 8. The molecule has 2 aromatic carbocycles. The average Bonchev–Trinajstić information content (AvgIpc) is 2.67. The molecule has 26 heavy (non-hydrogen) atoms. The van der Waals surface area contributed by atoms with E-state index in [1.165, 1.54) is 5.56 Å². The Morgan fingerprint density at radius 2 is 1.77 bits per heavy atom. The number of amides is 1. The number of carbonyl (C=O) groups excluding carboxylic acids is 1. The molecule has 0 spiro atoms. The van der Waals surface area contributed by atoms with E-state index in [9.17, 15) is 4.79 Å². The fraction of sp³-hybridized carbons (Fsp3) is 0.318. The molecule has 0 aliphatic rings. The largest absolute Gasteiger partial charge is 0.493 e. The molecule has 2 rings (SSSR count). The van der Waals surface area contributed by atoms with Gasteiger partial charge < -0.3 is 14.4 Å². The Bertz CT molecular complexity index is 750. The molecule has 0 aromatic heterocycles. The van der Waals surface area contributed by atoms with E-state index in [1.807, 2.05) is 37.3 Å². The van der Waals surface area contributed by atoms with Crippen LogP contribution in [0.1, 0.15) is 30.5 Å². The summed E-state index contributed by atoms with van der Waals surface area (Å²) in [4.78, 5) is 14.0. The molecule has 0 N–H and O–H groups in total. The third-order valence-corrected chi connectivity index (χ3v) is 4.17. The monoisotopic (exact) mass is 353 g/mol. The van der Waals surface area contributed by atoms with Crippen LogP contribution in [0.5, 0.6) is 11.5 Å². The number of hydrogen-bond acceptors (Lipinski definition) is 3. The molecule has 0 atom stereocenters. The van der Waals surface area contributed by atoms with Gasteiger partial charge in [-0.05, 0) is 42.2 Å². The van der Waals surface area contributed by atoms with Crippen molar-refractivity contribution in [3.8, 4) is 11.5 Å². The van der Waals surface area contributed by atoms with E-state index in [-0.39, 0.29) is 12.5 Å². The molecule has 0 radical (unpaired) electrons. The standard InChI is InChI=1S/C22H27NO3/c1-5-7-18-12-13-20(21(14-18)25-4)26-16-22(24)23(3)15-19-10-8-17(6-2)9-11-19/h5,7-14H,6,15-16H2,1-4H3/b7-5+. The minimum absolute atomic E-state index is 0.0249. The highest BCUT2D eigenvalue weighted by Crippen LogP contribution is 2.28. The lowest BCUT2D eigenvalue weighted by atomic mass is 10.1. The van der Waals surface area contributed by atoms with Gasteiger partial charge in [0.05, 0.1) is 7.11 Å². The van der Waals surface area contributed by atoms with Crippen LogP contribution in [0.4, 0.5) is 0 Å². The molecule has 138 valence electrons. The first-order valence-electron chi connectivity index (χ1n) is 8.82. The highest BCUT2D eigenvalue weighted by atomic mass is 16.5. The van der Waals surface area contributed by atoms with Gasteiger partial charge in [-0.3, -0.25) is 4.79 Å². The Morgan fingerprint density at radius 1 is 1.08 bits per heavy atom. The van der Waals surface area contributed by atoms with Crippen LogP contribution in [-0.4, -0.2) is 31.6 Å². The number of hydrogen-bond donors (Lipinski definition) is 0. The maximum Gasteiger partial charge on any atom is 0.260 e. The Morgan fingerprint density at radius 3 is 2.38 bits per heavy atom. The van der Waals surface area contributed by atoms with Crippen LogP contribution >= 0.6 is 0 Å². The number of likely N-dealkylation sites (N-methyl/N-ethyl adjacent to an activating group) is 1. The maximum atomic E-state index is 12.4. The molecule has 4 heteroatoms. The zero-order chi connectivity index (χ0) is 18.9. The van der Waals surface area contributed by atoms with Crippen molar-refractivity contribution in [1.82, 2.24) is 4.90 Å². The summed E-state index contributed by atoms with van der Waals surface area (Å²) in [6.07, 6.45) is 4.95. The summed E-state index contributed by atoms with van der Waals surface area (Å²) >= 11 is 0. The van der Waals surface area contributed by atoms with Crippen molar-refractivity contribution >= 4 is 12.0 Å². The van der Waals surface area contributed by atoms with Crippen molar-refractivity contribution in [2.45, 2.75) is 26.8 Å². The molecule has 0 bridgehead atoms. The minimum atomic E-state index is -0.0795. The Labute approximate surface area is 156 Å². The molecule has 0 heterocycles. The zero-order valence-corrected chi connectivity index (χ0v) is 16.0. The van der Waals surface area contributed by atoms with Crippen LogP contribution in [-0.2, 0) is 17.8 Å². The van der Waals surface area contributed by atoms with Crippen molar-refractivity contribution in [2.75, 3.05) is 20.8 Å². The Hall–Kier alpha value is -2.75. The summed E-state index contributed by atoms with van der Waals surface area (Å²) in [5, 5.41) is 0. The number of allylic oxidation sites excluding steroid dienone is 1. The van der Waals surface area contributed by atoms with Crippen LogP contribution in [0.25, 0.3) is 6.08 Å². The van der Waals surface area contributed by atoms with Crippen molar-refractivity contribution in [1.29, 1.82) is 0 Å². The van der Waals surface area contributed by atoms with Crippen molar-refractivity contribution in [3.63, 3.8) is 0 Å². The first kappa shape index (κ1) is 19.6. The molecule has 4 nitrogen and oxygen atoms in total. The summed E-state index contributed by atoms with van der Waals surface area (Å²) in [5.74, 6) is 1.10. The van der Waals surface area contributed by atoms with E-state index in [0.717, 1.165) is 17.5 Å². The normalized spacial score (nSPS) is 10.8. The molecule has 0 unspecified atom stereocenters. The molecule has 2 aromatic rings. The first-order valence-corrected chi connectivity index (χ1v) is 8.82. The fourth-order valence-corrected chi connectivity index (χ4v) is 2.59. The van der Waals surface area contributed by atoms with Gasteiger partial charge in [-0.25, -0.2) is 0 Å². The minimum Gasteiger partial charge on any atom is -0.493 e. The Kier molecular flexibility index (Phi) is 7.27. The fourth-order valence-electron chi connectivity index (χ4n) is 2.59. The second kappa shape index (κ2) is 9.66. The van der Waals surface area contributed by atoms with Gasteiger partial charge in [0.1, 0.15) is 0 Å². The summed E-state index contributed by atoms with van der Waals surface area (Å²) in [5.41, 5.74) is 3.42. The molecular formula is C22H27NO3. The highest BCUT2D eigenvalue weighted by molar-refractivity contribution is 5.77. The molecule has 0 fully saturated rings. The third-order valence-electron chi connectivity index (χ3n) is 4.17. The van der Waals surface area contributed by atoms with E-state index in [0.29, 0.717) is 18.0 Å². The van der Waals surface area contributed by atoms with E-state index < -0.39 is 0 Å². The summed E-state index contributed by atoms with van der Waals surface area (Å²) in [7, 11) is 3.38. The van der Waals surface area contributed by atoms with E-state index >= 15 is 0 Å². The topological polar surface area (TPSA) is 38.8 Å². The second-order valence-electron chi connectivity index (χ2n) is 6.12. The van der Waals surface area contributed by atoms with E-state index in [1.54, 1.807) is 19.1 Å². The number of nitrogens with zero attached hydrogens (tertiary/aromatic N) is 1. The van der Waals surface area contributed by atoms with Crippen molar-refractivity contribution in [3.05, 3.63) is 65.2 Å². The quantitative estimate of drug-likeness (QED) is 0.709. The predicted molar refractivity (Wildman–Crippen MR) is 105 cm³/mol. The van der Waals surface area contributed by atoms with Gasteiger partial charge in [0.25, 0.3) is 5.91 Å². The molecular weight excluding hydrogens is 326 g/mol. The lowest BCUT2D eigenvalue weighted by molar-refractivity contribution is -0.132. The van der Waals surface area contributed by atoms with Crippen LogP contribution in [0.3, 0.4) is 0 Å². The summed E-state index contributed by atoms with van der Waals surface area (Å²) < 4.78 is 11.0. The number of ether oxygens (including phenoxy) is 2. The molecule has 0 aliphatic heterocycles. The number of aryl methyl sites for hydroxylation is 1. The Balaban J connectivity index is 1.94. The predicted octanol–water partition coefficient (Wildman–Crippen LogP) is 4.33. The summed E-state index contributed by atoms with van der Waals surface area (Å²) in [6.45, 7) is 4.62. The van der Waals surface area contributed by atoms with Gasteiger partial charge >= 0.3 is 0 Å². The highest BCUT2D eigenvalue weighted by Gasteiger charge is 2.12. The zero-order valence-electron chi connectivity index (χ0n) is 16.0. The van der Waals surface area contributed by atoms with Crippen molar-refractivity contribution in [2.24, 2.45) is 0 Å². The van der Waals surface area contributed by atoms with Crippen LogP contribution in [0.2, 0.25) is 0 Å². The smallest absolute Gasteiger partial charge is 0.260 e. The van der Waals surface area contributed by atoms with Gasteiger partial charge in [-0.1, -0.05) is 49.4 Å². The van der Waals surface area contributed by atoms with Gasteiger partial charge in [-0.15, -0.1) is 0 Å². The lowest BCUT2D eigenvalue weighted by Crippen LogP contribution is -2.31. The average molecular weight is 353 g/mol. The number of methoxy groups -OCH3 is 1. The second-order valence-corrected chi connectivity index (χ2v) is 6.12. The number of carbonyl (C=O) groups is 1. The van der Waals surface area contributed by atoms with Crippen LogP contribution in [0.15, 0.2) is 48.5 Å². The number of benzene rings is 2. The first-order chi connectivity index (χ1) is 12.6. The van der Waals surface area contributed by atoms with Gasteiger partial charge in [0.15, 0.2) is 18.1 Å². The van der Waals surface area contributed by atoms with Gasteiger partial charge in [-0.2, -0.15) is 0 Å². The van der Waals surface area contributed by atoms with Crippen LogP contribution < -0.4 is 9.47 Å². The molecule has 0 saturated carbocycles. The lowest BCUT2D eigenvalue weighted by Gasteiger charge is -2.18. The third kappa shape index (κ3) is 5.38.